The maximum Gasteiger partial charge on any atom is 0.226 e. The van der Waals surface area contributed by atoms with Gasteiger partial charge in [-0.2, -0.15) is 4.98 Å². The monoisotopic (exact) mass is 341 g/mol. The first-order valence-electron chi connectivity index (χ1n) is 9.10. The van der Waals surface area contributed by atoms with Crippen molar-refractivity contribution in [2.45, 2.75) is 50.7 Å². The lowest BCUT2D eigenvalue weighted by atomic mass is 10.1. The van der Waals surface area contributed by atoms with Gasteiger partial charge in [-0.3, -0.25) is 4.79 Å². The van der Waals surface area contributed by atoms with Crippen LogP contribution in [0.4, 0.5) is 0 Å². The second-order valence-corrected chi connectivity index (χ2v) is 6.73. The summed E-state index contributed by atoms with van der Waals surface area (Å²) in [5, 5.41) is 4.02. The Labute approximate surface area is 147 Å². The average Bonchev–Trinajstić information content (AvgIpc) is 3.31. The van der Waals surface area contributed by atoms with Gasteiger partial charge in [0, 0.05) is 24.9 Å². The van der Waals surface area contributed by atoms with E-state index < -0.39 is 0 Å². The second-order valence-electron chi connectivity index (χ2n) is 6.73. The molecule has 6 nitrogen and oxygen atoms in total. The second kappa shape index (κ2) is 7.35. The quantitative estimate of drug-likeness (QED) is 0.836. The van der Waals surface area contributed by atoms with Gasteiger partial charge in [0.05, 0.1) is 18.8 Å². The van der Waals surface area contributed by atoms with E-state index in [0.29, 0.717) is 31.2 Å². The van der Waals surface area contributed by atoms with E-state index in [2.05, 4.69) is 10.1 Å². The number of fused-ring (bicyclic) bond motifs is 1. The number of aryl methyl sites for hydroxylation is 1. The molecule has 2 aliphatic rings. The number of hydrogen-bond donors (Lipinski definition) is 0. The number of hydrogen-bond acceptors (Lipinski definition) is 5. The van der Waals surface area contributed by atoms with E-state index in [0.717, 1.165) is 37.8 Å². The van der Waals surface area contributed by atoms with Gasteiger partial charge in [-0.15, -0.1) is 0 Å². The van der Waals surface area contributed by atoms with Crippen LogP contribution in [0, 0.1) is 0 Å². The normalized spacial score (nSPS) is 22.8. The molecule has 0 unspecified atom stereocenters. The Morgan fingerprint density at radius 3 is 3.00 bits per heavy atom. The van der Waals surface area contributed by atoms with E-state index >= 15 is 0 Å². The first kappa shape index (κ1) is 16.3. The highest BCUT2D eigenvalue weighted by Gasteiger charge is 2.37. The lowest BCUT2D eigenvalue weighted by Crippen LogP contribution is -2.51. The summed E-state index contributed by atoms with van der Waals surface area (Å²) in [4.78, 5) is 19.0. The summed E-state index contributed by atoms with van der Waals surface area (Å²) in [5.41, 5.74) is 0.939. The van der Waals surface area contributed by atoms with E-state index in [1.807, 2.05) is 35.2 Å². The van der Waals surface area contributed by atoms with Gasteiger partial charge in [-0.25, -0.2) is 0 Å². The first-order chi connectivity index (χ1) is 12.3. The van der Waals surface area contributed by atoms with Gasteiger partial charge in [0.15, 0.2) is 0 Å². The summed E-state index contributed by atoms with van der Waals surface area (Å²) >= 11 is 0. The maximum absolute atomic E-state index is 12.6. The fourth-order valence-corrected chi connectivity index (χ4v) is 3.83. The highest BCUT2D eigenvalue weighted by molar-refractivity contribution is 5.76. The smallest absolute Gasteiger partial charge is 0.226 e. The molecule has 1 aliphatic carbocycles. The van der Waals surface area contributed by atoms with E-state index in [4.69, 9.17) is 9.26 Å². The van der Waals surface area contributed by atoms with Crippen LogP contribution >= 0.6 is 0 Å². The molecule has 2 heterocycles. The molecular formula is C19H23N3O3. The van der Waals surface area contributed by atoms with Crippen molar-refractivity contribution in [3.05, 3.63) is 36.2 Å². The molecule has 25 heavy (non-hydrogen) atoms. The first-order valence-corrected chi connectivity index (χ1v) is 9.10. The molecule has 2 fully saturated rings. The van der Waals surface area contributed by atoms with Crippen molar-refractivity contribution in [3.8, 4) is 11.4 Å². The number of aromatic nitrogens is 2. The van der Waals surface area contributed by atoms with Crippen LogP contribution < -0.4 is 0 Å². The molecule has 1 amide bonds. The van der Waals surface area contributed by atoms with Gasteiger partial charge in [0.25, 0.3) is 0 Å². The Hall–Kier alpha value is -2.21. The lowest BCUT2D eigenvalue weighted by molar-refractivity contribution is -0.144. The minimum Gasteiger partial charge on any atom is -0.374 e. The number of amides is 1. The van der Waals surface area contributed by atoms with Crippen LogP contribution in [-0.4, -0.2) is 46.2 Å². The third kappa shape index (κ3) is 3.58. The van der Waals surface area contributed by atoms with Crippen molar-refractivity contribution in [1.29, 1.82) is 0 Å². The third-order valence-corrected chi connectivity index (χ3v) is 5.08. The van der Waals surface area contributed by atoms with Crippen molar-refractivity contribution in [1.82, 2.24) is 15.0 Å². The van der Waals surface area contributed by atoms with Crippen LogP contribution in [0.3, 0.4) is 0 Å². The zero-order chi connectivity index (χ0) is 17.1. The predicted molar refractivity (Wildman–Crippen MR) is 91.8 cm³/mol. The summed E-state index contributed by atoms with van der Waals surface area (Å²) in [7, 11) is 0. The Kier molecular flexibility index (Phi) is 4.78. The molecule has 0 bridgehead atoms. The summed E-state index contributed by atoms with van der Waals surface area (Å²) < 4.78 is 11.1. The van der Waals surface area contributed by atoms with Gasteiger partial charge < -0.3 is 14.2 Å². The third-order valence-electron chi connectivity index (χ3n) is 5.08. The fraction of sp³-hybridized carbons (Fsp3) is 0.526. The highest BCUT2D eigenvalue weighted by Crippen LogP contribution is 2.30. The van der Waals surface area contributed by atoms with Crippen LogP contribution in [0.25, 0.3) is 11.4 Å². The van der Waals surface area contributed by atoms with Crippen LogP contribution in [0.5, 0.6) is 0 Å². The summed E-state index contributed by atoms with van der Waals surface area (Å²) in [5.74, 6) is 1.42. The van der Waals surface area contributed by atoms with E-state index in [1.165, 1.54) is 0 Å². The summed E-state index contributed by atoms with van der Waals surface area (Å²) in [6, 6.07) is 10.0. The minimum absolute atomic E-state index is 0.225. The lowest BCUT2D eigenvalue weighted by Gasteiger charge is -2.37. The molecule has 6 heteroatoms. The van der Waals surface area contributed by atoms with Crippen LogP contribution in [0.15, 0.2) is 34.9 Å². The number of carbonyl (C=O) groups excluding carboxylic acids is 1. The molecule has 0 radical (unpaired) electrons. The largest absolute Gasteiger partial charge is 0.374 e. The SMILES string of the molecule is O=C(CCCc1nc(-c2ccccc2)no1)N1CCO[C@H]2CCC[C@@H]21. The number of rotatable bonds is 5. The average molecular weight is 341 g/mol. The van der Waals surface area contributed by atoms with E-state index in [9.17, 15) is 4.79 Å². The Balaban J connectivity index is 1.29. The standard InChI is InChI=1S/C19H23N3O3/c23-18(22-12-13-24-16-9-4-8-15(16)22)11-5-10-17-20-19(21-25-17)14-6-2-1-3-7-14/h1-3,6-7,15-16H,4-5,8-13H2/t15-,16-/m0/s1. The number of ether oxygens (including phenoxy) is 1. The van der Waals surface area contributed by atoms with Gasteiger partial charge in [0.2, 0.25) is 17.6 Å². The Morgan fingerprint density at radius 2 is 2.12 bits per heavy atom. The molecule has 2 atom stereocenters. The van der Waals surface area contributed by atoms with Crippen LogP contribution in [0.1, 0.15) is 38.0 Å². The molecule has 2 aromatic rings. The Morgan fingerprint density at radius 1 is 1.24 bits per heavy atom. The molecule has 0 N–H and O–H groups in total. The fourth-order valence-electron chi connectivity index (χ4n) is 3.83. The summed E-state index contributed by atoms with van der Waals surface area (Å²) in [6.45, 7) is 1.38. The predicted octanol–water partition coefficient (Wildman–Crippen LogP) is 2.84. The van der Waals surface area contributed by atoms with Crippen molar-refractivity contribution in [2.24, 2.45) is 0 Å². The van der Waals surface area contributed by atoms with E-state index in [-0.39, 0.29) is 18.1 Å². The van der Waals surface area contributed by atoms with Gasteiger partial charge in [-0.05, 0) is 25.7 Å². The molecule has 1 aliphatic heterocycles. The van der Waals surface area contributed by atoms with Crippen molar-refractivity contribution in [2.75, 3.05) is 13.2 Å². The zero-order valence-electron chi connectivity index (χ0n) is 14.3. The minimum atomic E-state index is 0.225. The van der Waals surface area contributed by atoms with E-state index in [1.54, 1.807) is 0 Å². The summed E-state index contributed by atoms with van der Waals surface area (Å²) in [6.07, 6.45) is 5.44. The van der Waals surface area contributed by atoms with Crippen molar-refractivity contribution in [3.63, 3.8) is 0 Å². The maximum atomic E-state index is 12.6. The molecule has 1 saturated carbocycles. The number of nitrogens with zero attached hydrogens (tertiary/aromatic N) is 3. The molecule has 1 aromatic heterocycles. The molecular weight excluding hydrogens is 318 g/mol. The molecule has 132 valence electrons. The number of benzene rings is 1. The molecule has 0 spiro atoms. The van der Waals surface area contributed by atoms with Gasteiger partial charge >= 0.3 is 0 Å². The van der Waals surface area contributed by atoms with Gasteiger partial charge in [0.1, 0.15) is 0 Å². The van der Waals surface area contributed by atoms with Crippen molar-refractivity contribution < 1.29 is 14.1 Å². The van der Waals surface area contributed by atoms with Crippen LogP contribution in [0.2, 0.25) is 0 Å². The highest BCUT2D eigenvalue weighted by atomic mass is 16.5. The molecule has 1 saturated heterocycles. The van der Waals surface area contributed by atoms with Gasteiger partial charge in [-0.1, -0.05) is 35.5 Å². The van der Waals surface area contributed by atoms with Crippen LogP contribution in [-0.2, 0) is 16.0 Å². The molecule has 1 aromatic carbocycles. The zero-order valence-corrected chi connectivity index (χ0v) is 14.3. The molecule has 4 rings (SSSR count). The topological polar surface area (TPSA) is 68.5 Å². The number of morpholine rings is 1. The Bertz CT molecular complexity index is 716. The number of carbonyl (C=O) groups is 1. The van der Waals surface area contributed by atoms with Crippen molar-refractivity contribution >= 4 is 5.91 Å².